The maximum absolute atomic E-state index is 12.4. The summed E-state index contributed by atoms with van der Waals surface area (Å²) >= 11 is 0. The second kappa shape index (κ2) is 3.40. The highest BCUT2D eigenvalue weighted by atomic mass is 32.2. The van der Waals surface area contributed by atoms with Crippen molar-refractivity contribution in [1.29, 1.82) is 0 Å². The fourth-order valence-corrected chi connectivity index (χ4v) is 3.32. The minimum atomic E-state index is -3.20. The van der Waals surface area contributed by atoms with Gasteiger partial charge < -0.3 is 0 Å². The molecule has 2 bridgehead atoms. The molecular formula is C13H9FO2S. The Morgan fingerprint density at radius 1 is 1.00 bits per heavy atom. The summed E-state index contributed by atoms with van der Waals surface area (Å²) in [5, 5.41) is 0. The molecule has 0 atom stereocenters. The van der Waals surface area contributed by atoms with Crippen molar-refractivity contribution in [3.63, 3.8) is 0 Å². The van der Waals surface area contributed by atoms with Gasteiger partial charge in [-0.15, -0.1) is 0 Å². The van der Waals surface area contributed by atoms with Crippen molar-refractivity contribution in [1.82, 2.24) is 0 Å². The predicted molar refractivity (Wildman–Crippen MR) is 62.1 cm³/mol. The largest absolute Gasteiger partial charge is 0.246 e. The summed E-state index contributed by atoms with van der Waals surface area (Å²) < 4.78 is 35.8. The Morgan fingerprint density at radius 2 is 1.71 bits per heavy atom. The Kier molecular flexibility index (Phi) is 2.10. The summed E-state index contributed by atoms with van der Waals surface area (Å²) in [7, 11) is -3.20. The molecule has 2 aromatic carbocycles. The Labute approximate surface area is 98.6 Å². The molecule has 17 heavy (non-hydrogen) atoms. The fourth-order valence-electron chi connectivity index (χ4n) is 1.97. The molecule has 0 unspecified atom stereocenters. The minimum absolute atomic E-state index is 0.364. The lowest BCUT2D eigenvalue weighted by Gasteiger charge is -2.19. The Balaban J connectivity index is 2.13. The third kappa shape index (κ3) is 1.41. The maximum atomic E-state index is 12.4. The third-order valence-corrected chi connectivity index (χ3v) is 4.76. The quantitative estimate of drug-likeness (QED) is 0.698. The van der Waals surface area contributed by atoms with Gasteiger partial charge >= 0.3 is 0 Å². The van der Waals surface area contributed by atoms with Crippen LogP contribution in [0.3, 0.4) is 0 Å². The number of fused-ring (bicyclic) bond motifs is 2. The number of alkyl halides is 1. The van der Waals surface area contributed by atoms with E-state index in [-0.39, 0.29) is 0 Å². The van der Waals surface area contributed by atoms with Crippen LogP contribution in [-0.2, 0) is 16.5 Å². The average Bonchev–Trinajstić information content (AvgIpc) is 2.38. The van der Waals surface area contributed by atoms with E-state index in [4.69, 9.17) is 0 Å². The van der Waals surface area contributed by atoms with E-state index in [1.54, 1.807) is 42.5 Å². The molecule has 0 amide bonds. The topological polar surface area (TPSA) is 34.1 Å². The molecule has 2 aliphatic heterocycles. The third-order valence-electron chi connectivity index (χ3n) is 2.97. The van der Waals surface area contributed by atoms with Crippen LogP contribution in [0.15, 0.2) is 52.3 Å². The number of halogens is 1. The number of hydrogen-bond acceptors (Lipinski definition) is 2. The van der Waals surface area contributed by atoms with Gasteiger partial charge in [-0.25, -0.2) is 12.8 Å². The lowest BCUT2D eigenvalue weighted by Crippen LogP contribution is -2.13. The highest BCUT2D eigenvalue weighted by molar-refractivity contribution is 7.92. The average molecular weight is 248 g/mol. The first-order valence-corrected chi connectivity index (χ1v) is 6.65. The van der Waals surface area contributed by atoms with Crippen LogP contribution in [0.1, 0.15) is 5.56 Å². The van der Waals surface area contributed by atoms with Crippen molar-refractivity contribution in [3.05, 3.63) is 48.0 Å². The summed E-state index contributed by atoms with van der Waals surface area (Å²) in [5.41, 5.74) is 2.07. The van der Waals surface area contributed by atoms with Gasteiger partial charge in [0.05, 0.1) is 9.79 Å². The molecule has 4 rings (SSSR count). The first-order chi connectivity index (χ1) is 8.13. The number of hydrogen-bond donors (Lipinski definition) is 0. The van der Waals surface area contributed by atoms with Gasteiger partial charge in [0, 0.05) is 5.56 Å². The van der Waals surface area contributed by atoms with E-state index in [9.17, 15) is 12.8 Å². The van der Waals surface area contributed by atoms with Crippen LogP contribution < -0.4 is 0 Å². The van der Waals surface area contributed by atoms with E-state index < -0.39 is 16.5 Å². The van der Waals surface area contributed by atoms with Crippen molar-refractivity contribution < 1.29 is 12.8 Å². The van der Waals surface area contributed by atoms with Gasteiger partial charge in [-0.3, -0.25) is 0 Å². The molecule has 0 saturated carbocycles. The van der Waals surface area contributed by atoms with Crippen LogP contribution in [0.2, 0.25) is 0 Å². The molecule has 0 aromatic heterocycles. The lowest BCUT2D eigenvalue weighted by molar-refractivity contribution is 0.485. The van der Waals surface area contributed by atoms with E-state index in [0.29, 0.717) is 20.9 Å². The molecule has 0 fully saturated rings. The van der Waals surface area contributed by atoms with Crippen LogP contribution in [0.25, 0.3) is 11.1 Å². The second-order valence-electron chi connectivity index (χ2n) is 3.99. The van der Waals surface area contributed by atoms with Gasteiger partial charge in [0.1, 0.15) is 6.67 Å². The SMILES string of the molecule is O=S1(=O)c2ccc(-c3ccc(CF)cc3)c1c2. The van der Waals surface area contributed by atoms with Crippen LogP contribution >= 0.6 is 0 Å². The van der Waals surface area contributed by atoms with Gasteiger partial charge in [0.2, 0.25) is 9.84 Å². The van der Waals surface area contributed by atoms with Gasteiger partial charge in [-0.1, -0.05) is 30.3 Å². The number of sulfone groups is 1. The summed E-state index contributed by atoms with van der Waals surface area (Å²) in [6, 6.07) is 11.9. The zero-order valence-corrected chi connectivity index (χ0v) is 9.67. The summed E-state index contributed by atoms with van der Waals surface area (Å²) in [6.45, 7) is -0.510. The molecule has 0 saturated heterocycles. The monoisotopic (exact) mass is 248 g/mol. The zero-order chi connectivity index (χ0) is 12.0. The van der Waals surface area contributed by atoms with E-state index in [2.05, 4.69) is 0 Å². The molecule has 0 radical (unpaired) electrons. The molecule has 2 nitrogen and oxygen atoms in total. The van der Waals surface area contributed by atoms with Gasteiger partial charge in [-0.2, -0.15) is 0 Å². The molecule has 0 aliphatic carbocycles. The smallest absolute Gasteiger partial charge is 0.207 e. The fraction of sp³-hybridized carbons (Fsp3) is 0.0769. The molecule has 4 heteroatoms. The van der Waals surface area contributed by atoms with Gasteiger partial charge in [0.15, 0.2) is 0 Å². The van der Waals surface area contributed by atoms with Crippen molar-refractivity contribution in [2.45, 2.75) is 16.5 Å². The molecule has 0 N–H and O–H groups in total. The number of benzene rings is 2. The molecule has 2 heterocycles. The Hall–Kier alpha value is -1.68. The molecule has 0 spiro atoms. The summed E-state index contributed by atoms with van der Waals surface area (Å²) in [6.07, 6.45) is 0. The van der Waals surface area contributed by atoms with Crippen LogP contribution in [0.5, 0.6) is 0 Å². The van der Waals surface area contributed by atoms with Crippen molar-refractivity contribution in [3.8, 4) is 11.1 Å². The Bertz CT molecular complexity index is 684. The van der Waals surface area contributed by atoms with E-state index >= 15 is 0 Å². The molecule has 2 aromatic rings. The van der Waals surface area contributed by atoms with Gasteiger partial charge in [0.25, 0.3) is 0 Å². The lowest BCUT2D eigenvalue weighted by atomic mass is 10.0. The predicted octanol–water partition coefficient (Wildman–Crippen LogP) is 2.97. The van der Waals surface area contributed by atoms with Crippen LogP contribution in [0, 0.1) is 0 Å². The van der Waals surface area contributed by atoms with Crippen molar-refractivity contribution in [2.24, 2.45) is 0 Å². The molecule has 2 aliphatic rings. The summed E-state index contributed by atoms with van der Waals surface area (Å²) in [5.74, 6) is 0. The summed E-state index contributed by atoms with van der Waals surface area (Å²) in [4.78, 5) is 0.736. The minimum Gasteiger partial charge on any atom is -0.246 e. The van der Waals surface area contributed by atoms with Crippen LogP contribution in [0.4, 0.5) is 4.39 Å². The zero-order valence-electron chi connectivity index (χ0n) is 8.85. The Morgan fingerprint density at radius 3 is 2.24 bits per heavy atom. The second-order valence-corrected chi connectivity index (χ2v) is 5.91. The normalized spacial score (nSPS) is 15.4. The van der Waals surface area contributed by atoms with E-state index in [1.165, 1.54) is 0 Å². The maximum Gasteiger partial charge on any atom is 0.207 e. The molecule has 86 valence electrons. The highest BCUT2D eigenvalue weighted by Crippen LogP contribution is 2.40. The first kappa shape index (κ1) is 10.5. The number of rotatable bonds is 2. The molecular weight excluding hydrogens is 239 g/mol. The highest BCUT2D eigenvalue weighted by Gasteiger charge is 2.31. The van der Waals surface area contributed by atoms with E-state index in [1.807, 2.05) is 0 Å². The van der Waals surface area contributed by atoms with Crippen molar-refractivity contribution >= 4 is 9.84 Å². The standard InChI is InChI=1S/C13H9FO2S/c14-8-9-1-3-10(4-2-9)12-6-5-11-7-13(12)17(11,15)16/h1-7H,8H2. The van der Waals surface area contributed by atoms with Gasteiger partial charge in [-0.05, 0) is 23.3 Å². The van der Waals surface area contributed by atoms with E-state index in [0.717, 1.165) is 5.56 Å². The van der Waals surface area contributed by atoms with Crippen molar-refractivity contribution in [2.75, 3.05) is 0 Å². The first-order valence-electron chi connectivity index (χ1n) is 5.17. The van der Waals surface area contributed by atoms with Crippen LogP contribution in [-0.4, -0.2) is 8.42 Å².